The summed E-state index contributed by atoms with van der Waals surface area (Å²) >= 11 is 1.74. The zero-order valence-electron chi connectivity index (χ0n) is 13.4. The number of rotatable bonds is 11. The minimum absolute atomic E-state index is 0.573. The van der Waals surface area contributed by atoms with Gasteiger partial charge in [-0.3, -0.25) is 0 Å². The van der Waals surface area contributed by atoms with Gasteiger partial charge in [-0.15, -0.1) is 11.3 Å². The quantitative estimate of drug-likeness (QED) is 0.635. The topological polar surface area (TPSA) is 46.6 Å². The molecule has 1 aromatic heterocycles. The Balaban J connectivity index is 1.83. The highest BCUT2D eigenvalue weighted by Crippen LogP contribution is 2.29. The van der Waals surface area contributed by atoms with E-state index < -0.39 is 0 Å². The maximum atomic E-state index is 5.70. The van der Waals surface area contributed by atoms with Crippen LogP contribution < -0.4 is 10.2 Å². The number of nitrogens with one attached hydrogen (secondary N) is 1. The summed E-state index contributed by atoms with van der Waals surface area (Å²) in [7, 11) is 3.79. The molecule has 21 heavy (non-hydrogen) atoms. The van der Waals surface area contributed by atoms with Crippen LogP contribution in [0.2, 0.25) is 0 Å². The van der Waals surface area contributed by atoms with Crippen molar-refractivity contribution in [2.75, 3.05) is 45.4 Å². The summed E-state index contributed by atoms with van der Waals surface area (Å²) in [6, 6.07) is 0. The number of hydrogen-bond donors (Lipinski definition) is 1. The number of thiazole rings is 1. The number of ether oxygens (including phenoxy) is 2. The Hall–Kier alpha value is -0.690. The van der Waals surface area contributed by atoms with Gasteiger partial charge in [0.15, 0.2) is 5.13 Å². The molecule has 1 aliphatic rings. The van der Waals surface area contributed by atoms with Crippen LogP contribution in [0.3, 0.4) is 0 Å². The standard InChI is InChI=1S/C15H27N3O2S/c1-4-16-9-14-13(11-19-3)17-15(21-14)18(2)7-8-20-10-12-5-6-12/h12,16H,4-11H2,1-3H3. The lowest BCUT2D eigenvalue weighted by molar-refractivity contribution is 0.131. The Bertz CT molecular complexity index is 421. The first-order valence-electron chi connectivity index (χ1n) is 7.71. The van der Waals surface area contributed by atoms with Gasteiger partial charge in [0, 0.05) is 38.7 Å². The fourth-order valence-corrected chi connectivity index (χ4v) is 3.01. The normalized spacial score (nSPS) is 14.6. The second-order valence-electron chi connectivity index (χ2n) is 5.52. The average molecular weight is 313 g/mol. The zero-order chi connectivity index (χ0) is 15.1. The SMILES string of the molecule is CCNCc1sc(N(C)CCOCC2CC2)nc1COC. The zero-order valence-corrected chi connectivity index (χ0v) is 14.2. The maximum Gasteiger partial charge on any atom is 0.185 e. The highest BCUT2D eigenvalue weighted by Gasteiger charge is 2.21. The predicted molar refractivity (Wildman–Crippen MR) is 87.0 cm³/mol. The molecule has 5 nitrogen and oxygen atoms in total. The fourth-order valence-electron chi connectivity index (χ4n) is 1.99. The van der Waals surface area contributed by atoms with Crippen molar-refractivity contribution in [3.05, 3.63) is 10.6 Å². The van der Waals surface area contributed by atoms with E-state index in [1.165, 1.54) is 17.7 Å². The third-order valence-corrected chi connectivity index (χ3v) is 4.74. The molecule has 0 saturated heterocycles. The van der Waals surface area contributed by atoms with Crippen LogP contribution in [0.5, 0.6) is 0 Å². The van der Waals surface area contributed by atoms with Crippen molar-refractivity contribution in [3.63, 3.8) is 0 Å². The van der Waals surface area contributed by atoms with Crippen LogP contribution in [0.15, 0.2) is 0 Å². The van der Waals surface area contributed by atoms with Crippen LogP contribution in [0.4, 0.5) is 5.13 Å². The van der Waals surface area contributed by atoms with Crippen molar-refractivity contribution in [2.45, 2.75) is 32.9 Å². The molecule has 0 atom stereocenters. The molecule has 0 amide bonds. The van der Waals surface area contributed by atoms with E-state index in [0.717, 1.165) is 49.6 Å². The molecule has 0 bridgehead atoms. The van der Waals surface area contributed by atoms with E-state index in [-0.39, 0.29) is 0 Å². The minimum Gasteiger partial charge on any atom is -0.379 e. The van der Waals surface area contributed by atoms with Crippen molar-refractivity contribution in [3.8, 4) is 0 Å². The number of aromatic nitrogens is 1. The molecule has 0 spiro atoms. The van der Waals surface area contributed by atoms with Gasteiger partial charge in [-0.25, -0.2) is 4.98 Å². The molecule has 1 N–H and O–H groups in total. The first-order chi connectivity index (χ1) is 10.2. The van der Waals surface area contributed by atoms with Crippen LogP contribution in [0, 0.1) is 5.92 Å². The number of anilines is 1. The second-order valence-corrected chi connectivity index (χ2v) is 6.58. The molecule has 6 heteroatoms. The van der Waals surface area contributed by atoms with Gasteiger partial charge in [0.25, 0.3) is 0 Å². The van der Waals surface area contributed by atoms with Gasteiger partial charge >= 0.3 is 0 Å². The summed E-state index contributed by atoms with van der Waals surface area (Å²) in [5, 5.41) is 4.41. The van der Waals surface area contributed by atoms with E-state index in [0.29, 0.717) is 6.61 Å². The van der Waals surface area contributed by atoms with E-state index >= 15 is 0 Å². The average Bonchev–Trinajstić information content (AvgIpc) is 3.22. The molecule has 0 aliphatic heterocycles. The van der Waals surface area contributed by atoms with Crippen molar-refractivity contribution in [2.24, 2.45) is 5.92 Å². The van der Waals surface area contributed by atoms with E-state index in [4.69, 9.17) is 14.5 Å². The highest BCUT2D eigenvalue weighted by atomic mass is 32.1. The van der Waals surface area contributed by atoms with Crippen LogP contribution >= 0.6 is 11.3 Å². The number of methoxy groups -OCH3 is 1. The van der Waals surface area contributed by atoms with E-state index in [2.05, 4.69) is 24.2 Å². The van der Waals surface area contributed by atoms with Crippen molar-refractivity contribution < 1.29 is 9.47 Å². The summed E-state index contributed by atoms with van der Waals surface area (Å²) in [4.78, 5) is 8.14. The Morgan fingerprint density at radius 1 is 1.43 bits per heavy atom. The smallest absolute Gasteiger partial charge is 0.185 e. The Morgan fingerprint density at radius 2 is 2.24 bits per heavy atom. The molecule has 1 saturated carbocycles. The molecule has 0 unspecified atom stereocenters. The summed E-state index contributed by atoms with van der Waals surface area (Å²) in [5.41, 5.74) is 1.05. The van der Waals surface area contributed by atoms with Gasteiger partial charge < -0.3 is 19.7 Å². The largest absolute Gasteiger partial charge is 0.379 e. The molecule has 1 heterocycles. The van der Waals surface area contributed by atoms with E-state index in [1.54, 1.807) is 18.4 Å². The third-order valence-electron chi connectivity index (χ3n) is 3.53. The Labute approximate surface area is 131 Å². The van der Waals surface area contributed by atoms with Gasteiger partial charge in [-0.2, -0.15) is 0 Å². The summed E-state index contributed by atoms with van der Waals surface area (Å²) < 4.78 is 10.9. The number of likely N-dealkylation sites (N-methyl/N-ethyl adjacent to an activating group) is 1. The van der Waals surface area contributed by atoms with Crippen LogP contribution in [0.1, 0.15) is 30.3 Å². The molecule has 0 aromatic carbocycles. The van der Waals surface area contributed by atoms with Crippen LogP contribution in [-0.2, 0) is 22.6 Å². The highest BCUT2D eigenvalue weighted by molar-refractivity contribution is 7.15. The lowest BCUT2D eigenvalue weighted by Gasteiger charge is -2.15. The van der Waals surface area contributed by atoms with Crippen LogP contribution in [-0.4, -0.2) is 45.4 Å². The van der Waals surface area contributed by atoms with E-state index in [1.807, 2.05) is 0 Å². The Kier molecular flexibility index (Phi) is 6.89. The summed E-state index contributed by atoms with van der Waals surface area (Å²) in [6.45, 7) is 7.09. The van der Waals surface area contributed by atoms with Crippen molar-refractivity contribution >= 4 is 16.5 Å². The maximum absolute atomic E-state index is 5.70. The van der Waals surface area contributed by atoms with E-state index in [9.17, 15) is 0 Å². The fraction of sp³-hybridized carbons (Fsp3) is 0.800. The van der Waals surface area contributed by atoms with Gasteiger partial charge in [-0.1, -0.05) is 6.92 Å². The van der Waals surface area contributed by atoms with Gasteiger partial charge in [0.1, 0.15) is 0 Å². The van der Waals surface area contributed by atoms with Crippen molar-refractivity contribution in [1.82, 2.24) is 10.3 Å². The van der Waals surface area contributed by atoms with Crippen molar-refractivity contribution in [1.29, 1.82) is 0 Å². The lowest BCUT2D eigenvalue weighted by atomic mass is 10.3. The molecule has 1 aliphatic carbocycles. The second kappa shape index (κ2) is 8.68. The molecular weight excluding hydrogens is 286 g/mol. The van der Waals surface area contributed by atoms with Gasteiger partial charge in [0.05, 0.1) is 18.9 Å². The molecular formula is C15H27N3O2S. The minimum atomic E-state index is 0.573. The number of hydrogen-bond acceptors (Lipinski definition) is 6. The Morgan fingerprint density at radius 3 is 2.90 bits per heavy atom. The first kappa shape index (κ1) is 16.7. The van der Waals surface area contributed by atoms with Gasteiger partial charge in [-0.05, 0) is 25.3 Å². The molecule has 120 valence electrons. The summed E-state index contributed by atoms with van der Waals surface area (Å²) in [6.07, 6.45) is 2.69. The predicted octanol–water partition coefficient (Wildman–Crippen LogP) is 2.26. The lowest BCUT2D eigenvalue weighted by Crippen LogP contribution is -2.22. The first-order valence-corrected chi connectivity index (χ1v) is 8.53. The number of nitrogens with zero attached hydrogens (tertiary/aromatic N) is 2. The molecule has 2 rings (SSSR count). The molecule has 1 aromatic rings. The molecule has 0 radical (unpaired) electrons. The summed E-state index contributed by atoms with van der Waals surface area (Å²) in [5.74, 6) is 0.829. The molecule has 1 fully saturated rings. The van der Waals surface area contributed by atoms with Crippen LogP contribution in [0.25, 0.3) is 0 Å². The monoisotopic (exact) mass is 313 g/mol. The third kappa shape index (κ3) is 5.54. The van der Waals surface area contributed by atoms with Gasteiger partial charge in [0.2, 0.25) is 0 Å².